The van der Waals surface area contributed by atoms with Gasteiger partial charge in [0, 0.05) is 152 Å². The molecular formula is C106H158N12O11. The number of ether oxygens (including phenoxy) is 8. The second kappa shape index (κ2) is 41.8. The average Bonchev–Trinajstić information content (AvgIpc) is 1.54. The lowest BCUT2D eigenvalue weighted by atomic mass is 9.72. The van der Waals surface area contributed by atoms with Crippen LogP contribution in [0.4, 0.5) is 34.1 Å². The lowest BCUT2D eigenvalue weighted by Crippen LogP contribution is -2.45. The number of nitrogens with zero attached hydrogens (tertiary/aromatic N) is 12. The van der Waals surface area contributed by atoms with E-state index in [0.717, 1.165) is 162 Å². The van der Waals surface area contributed by atoms with Crippen LogP contribution in [-0.4, -0.2) is 272 Å². The molecule has 4 aliphatic carbocycles. The first-order valence-electron chi connectivity index (χ1n) is 47.7. The van der Waals surface area contributed by atoms with Crippen molar-refractivity contribution in [1.29, 1.82) is 0 Å². The lowest BCUT2D eigenvalue weighted by Gasteiger charge is -2.43. The minimum atomic E-state index is -0.627. The molecule has 708 valence electrons. The number of aromatic hydroxyl groups is 1. The summed E-state index contributed by atoms with van der Waals surface area (Å²) in [5, 5.41) is 30.7. The second-order valence-electron chi connectivity index (χ2n) is 41.0. The molecule has 8 aliphatic heterocycles. The van der Waals surface area contributed by atoms with E-state index in [0.29, 0.717) is 18.0 Å². The highest BCUT2D eigenvalue weighted by Gasteiger charge is 2.58. The summed E-state index contributed by atoms with van der Waals surface area (Å²) in [5.41, 5.74) is 29.3. The number of rotatable bonds is 20. The molecule has 19 rings (SSSR count). The van der Waals surface area contributed by atoms with Gasteiger partial charge in [-0.3, -0.25) is 29.4 Å². The molecular weight excluding hydrogens is 1620 g/mol. The van der Waals surface area contributed by atoms with Gasteiger partial charge in [0.05, 0.1) is 96.7 Å². The van der Waals surface area contributed by atoms with Crippen LogP contribution in [0.25, 0.3) is 0 Å². The summed E-state index contributed by atoms with van der Waals surface area (Å²) < 4.78 is 41.5. The predicted octanol–water partition coefficient (Wildman–Crippen LogP) is 15.6. The first kappa shape index (κ1) is 98.7. The number of benzene rings is 7. The SMILES string of the molecule is CC1(C)CC2(CC(C)(C)c3ccccc32)c2ccccc21.CC1(C)CC2(CC(C)(C)c3ccccc32)c2ccccc21.CCN1CN(C)Cc2c1c(O)cc1c2N(CC)CN(C)C1.CCN1CN(C)Cc2cc(OCC(O)COC)c3c(c21)CN(C)CN3CC.CCN1CN(C)Cc2cc(OCC(O)COC)c3c(c21)CN(C)CN3CC.COCC1CO1.COCC1CO1. The molecule has 0 bridgehead atoms. The third kappa shape index (κ3) is 21.4. The molecule has 4 atom stereocenters. The summed E-state index contributed by atoms with van der Waals surface area (Å²) >= 11 is 0. The molecule has 23 nitrogen and oxygen atoms in total. The number of methoxy groups -OCH3 is 4. The van der Waals surface area contributed by atoms with Crippen molar-refractivity contribution < 1.29 is 53.2 Å². The highest BCUT2D eigenvalue weighted by molar-refractivity contribution is 5.81. The van der Waals surface area contributed by atoms with Crippen molar-refractivity contribution in [2.75, 3.05) is 232 Å². The van der Waals surface area contributed by atoms with Crippen LogP contribution in [-0.2, 0) is 100 Å². The molecule has 7 aromatic carbocycles. The zero-order chi connectivity index (χ0) is 92.8. The van der Waals surface area contributed by atoms with Crippen molar-refractivity contribution in [1.82, 2.24) is 29.4 Å². The number of hydrogen-bond donors (Lipinski definition) is 3. The van der Waals surface area contributed by atoms with Crippen molar-refractivity contribution in [2.45, 2.75) is 219 Å². The topological polar surface area (TPSA) is 180 Å². The third-order valence-electron chi connectivity index (χ3n) is 28.3. The van der Waals surface area contributed by atoms with E-state index < -0.39 is 12.2 Å². The molecule has 3 N–H and O–H groups in total. The van der Waals surface area contributed by atoms with Gasteiger partial charge < -0.3 is 82.6 Å². The fraction of sp³-hybridized carbons (Fsp3) is 0.604. The molecule has 7 aromatic rings. The van der Waals surface area contributed by atoms with E-state index in [2.05, 4.69) is 307 Å². The molecule has 0 saturated carbocycles. The maximum atomic E-state index is 10.5. The van der Waals surface area contributed by atoms with Crippen LogP contribution in [0.15, 0.2) is 115 Å². The van der Waals surface area contributed by atoms with Gasteiger partial charge in [-0.2, -0.15) is 0 Å². The number of hydrogen-bond acceptors (Lipinski definition) is 23. The Morgan fingerprint density at radius 1 is 0.333 bits per heavy atom. The molecule has 8 heterocycles. The Labute approximate surface area is 774 Å². The molecule has 2 saturated heterocycles. The smallest absolute Gasteiger partial charge is 0.143 e. The van der Waals surface area contributed by atoms with E-state index in [1.54, 1.807) is 72.9 Å². The zero-order valence-corrected chi connectivity index (χ0v) is 83.0. The van der Waals surface area contributed by atoms with Crippen molar-refractivity contribution in [3.63, 3.8) is 0 Å². The van der Waals surface area contributed by atoms with Gasteiger partial charge in [0.25, 0.3) is 0 Å². The highest BCUT2D eigenvalue weighted by Crippen LogP contribution is 2.65. The van der Waals surface area contributed by atoms with Crippen molar-refractivity contribution in [2.24, 2.45) is 0 Å². The Morgan fingerprint density at radius 3 is 0.822 bits per heavy atom. The monoisotopic (exact) mass is 1780 g/mol. The Balaban J connectivity index is 0.000000133. The summed E-state index contributed by atoms with van der Waals surface area (Å²) in [6.45, 7) is 53.4. The Bertz CT molecular complexity index is 4540. The normalized spacial score (nSPS) is 21.5. The van der Waals surface area contributed by atoms with Gasteiger partial charge in [-0.1, -0.05) is 152 Å². The molecule has 4 unspecified atom stereocenters. The molecule has 2 spiro atoms. The van der Waals surface area contributed by atoms with Crippen LogP contribution in [0.5, 0.6) is 17.2 Å². The van der Waals surface area contributed by atoms with Crippen LogP contribution in [0.2, 0.25) is 0 Å². The zero-order valence-electron chi connectivity index (χ0n) is 83.0. The fourth-order valence-corrected chi connectivity index (χ4v) is 23.3. The molecule has 23 heteroatoms. The van der Waals surface area contributed by atoms with Gasteiger partial charge in [-0.05, 0) is 211 Å². The van der Waals surface area contributed by atoms with Crippen LogP contribution >= 0.6 is 0 Å². The van der Waals surface area contributed by atoms with Crippen LogP contribution in [0, 0.1) is 0 Å². The van der Waals surface area contributed by atoms with Gasteiger partial charge in [-0.15, -0.1) is 0 Å². The number of epoxide rings is 2. The first-order valence-corrected chi connectivity index (χ1v) is 47.7. The van der Waals surface area contributed by atoms with E-state index >= 15 is 0 Å². The number of phenols is 1. The molecule has 0 amide bonds. The van der Waals surface area contributed by atoms with E-state index in [1.807, 2.05) is 6.07 Å². The highest BCUT2D eigenvalue weighted by atomic mass is 16.6. The van der Waals surface area contributed by atoms with Crippen molar-refractivity contribution >= 4 is 34.1 Å². The number of anilines is 6. The van der Waals surface area contributed by atoms with Gasteiger partial charge in [0.2, 0.25) is 0 Å². The largest absolute Gasteiger partial charge is 0.506 e. The third-order valence-corrected chi connectivity index (χ3v) is 28.3. The van der Waals surface area contributed by atoms with Gasteiger partial charge in [0.15, 0.2) is 0 Å². The number of aliphatic hydroxyl groups excluding tert-OH is 2. The quantitative estimate of drug-likeness (QED) is 0.0613. The minimum absolute atomic E-state index is 0.222. The van der Waals surface area contributed by atoms with Crippen LogP contribution in [0.1, 0.15) is 201 Å². The number of phenolic OH excluding ortho intramolecular Hbond substituents is 1. The maximum Gasteiger partial charge on any atom is 0.143 e. The van der Waals surface area contributed by atoms with Crippen molar-refractivity contribution in [3.8, 4) is 17.2 Å². The van der Waals surface area contributed by atoms with Crippen LogP contribution in [0.3, 0.4) is 0 Å². The molecule has 0 aromatic heterocycles. The summed E-state index contributed by atoms with van der Waals surface area (Å²) in [5.74, 6) is 2.19. The van der Waals surface area contributed by atoms with E-state index in [9.17, 15) is 15.3 Å². The molecule has 2 fully saturated rings. The molecule has 129 heavy (non-hydrogen) atoms. The number of aliphatic hydroxyl groups is 2. The Hall–Kier alpha value is -7.82. The number of fused-ring (bicyclic) bond motifs is 17. The van der Waals surface area contributed by atoms with E-state index in [-0.39, 0.29) is 58.9 Å². The summed E-state index contributed by atoms with van der Waals surface area (Å²) in [6.07, 6.45) is 4.54. The van der Waals surface area contributed by atoms with Gasteiger partial charge in [-0.25, -0.2) is 0 Å². The van der Waals surface area contributed by atoms with Crippen molar-refractivity contribution in [3.05, 3.63) is 193 Å². The molecule has 12 aliphatic rings. The van der Waals surface area contributed by atoms with Gasteiger partial charge in [0.1, 0.15) is 54.9 Å². The van der Waals surface area contributed by atoms with E-state index in [4.69, 9.17) is 37.9 Å². The van der Waals surface area contributed by atoms with Crippen LogP contribution < -0.4 is 38.9 Å². The summed E-state index contributed by atoms with van der Waals surface area (Å²) in [7, 11) is 19.5. The maximum absolute atomic E-state index is 10.5. The second-order valence-corrected chi connectivity index (χ2v) is 41.0. The predicted molar refractivity (Wildman–Crippen MR) is 525 cm³/mol. The average molecular weight is 1780 g/mol. The Kier molecular flexibility index (Phi) is 31.9. The summed E-state index contributed by atoms with van der Waals surface area (Å²) in [4.78, 5) is 28.3. The van der Waals surface area contributed by atoms with E-state index in [1.165, 1.54) is 87.5 Å². The molecule has 0 radical (unpaired) electrons. The summed E-state index contributed by atoms with van der Waals surface area (Å²) in [6, 6.07) is 42.9. The lowest BCUT2D eigenvalue weighted by molar-refractivity contribution is 0.0325. The standard InChI is InChI=1S/2C21H24.2C20H34N4O3.C16H26N4O.2C4H8O2/c2*1-19(2)13-21(17-11-7-5-9-15(17)19)14-20(3,4)16-10-6-8-12-18(16)21;2*1-6-23-13-21(3)9-15-8-18(27-12-16(25)11-26-5)20-17(19(15)23)10-22(4)14-24(20)7-2;1-5-19-10-17(3)8-12-7-14(21)16-13(15(12)19)9-18(4)11-20(16)6-2;2*1-5-2-4-3-6-4/h2*5-12H,13-14H2,1-4H3;2*8,16,25H,6-7,9-14H2,1-5H3;7,21H,5-6,8-11H2,1-4H3;2*4H,2-3H2,1H3. The van der Waals surface area contributed by atoms with Gasteiger partial charge >= 0.3 is 0 Å². The minimum Gasteiger partial charge on any atom is -0.506 e. The fourth-order valence-electron chi connectivity index (χ4n) is 23.3. The Morgan fingerprint density at radius 2 is 0.574 bits per heavy atom. The first-order chi connectivity index (χ1) is 61.6.